The van der Waals surface area contributed by atoms with Crippen molar-refractivity contribution in [2.75, 3.05) is 25.6 Å². The van der Waals surface area contributed by atoms with Crippen molar-refractivity contribution in [2.24, 2.45) is 0 Å². The van der Waals surface area contributed by atoms with Crippen LogP contribution in [0.1, 0.15) is 45.8 Å². The first-order valence-electron chi connectivity index (χ1n) is 13.0. The minimum absolute atomic E-state index is 0.0620. The van der Waals surface area contributed by atoms with Crippen molar-refractivity contribution in [1.82, 2.24) is 15.3 Å². The summed E-state index contributed by atoms with van der Waals surface area (Å²) in [6.07, 6.45) is 1.54. The molecule has 0 unspecified atom stereocenters. The second-order valence-electron chi connectivity index (χ2n) is 9.96. The minimum atomic E-state index is -0.724. The van der Waals surface area contributed by atoms with Crippen molar-refractivity contribution in [3.05, 3.63) is 95.3 Å². The molecule has 0 aliphatic carbocycles. The topological polar surface area (TPSA) is 137 Å². The van der Waals surface area contributed by atoms with Crippen LogP contribution in [0.5, 0.6) is 5.88 Å². The molecule has 2 amide bonds. The third kappa shape index (κ3) is 6.75. The SMILES string of the molecule is CNC(=O)c1cc(-c2cc(-c3cc(NC(=O)c4cccc(C(C)(C)C#N)c4)ccc3C)cc(OCCO)n2)ccn1. The van der Waals surface area contributed by atoms with Gasteiger partial charge in [0.25, 0.3) is 11.8 Å². The van der Waals surface area contributed by atoms with Crippen LogP contribution in [0.3, 0.4) is 0 Å². The van der Waals surface area contributed by atoms with E-state index in [1.165, 1.54) is 13.2 Å². The number of carbonyl (C=O) groups is 2. The van der Waals surface area contributed by atoms with Gasteiger partial charge in [-0.05, 0) is 85.5 Å². The number of amides is 2. The van der Waals surface area contributed by atoms with E-state index in [0.29, 0.717) is 28.4 Å². The largest absolute Gasteiger partial charge is 0.475 e. The number of pyridine rings is 2. The van der Waals surface area contributed by atoms with Gasteiger partial charge < -0.3 is 20.5 Å². The van der Waals surface area contributed by atoms with Crippen LogP contribution < -0.4 is 15.4 Å². The Morgan fingerprint density at radius 3 is 2.56 bits per heavy atom. The Morgan fingerprint density at radius 1 is 1.02 bits per heavy atom. The monoisotopic (exact) mass is 549 g/mol. The van der Waals surface area contributed by atoms with Gasteiger partial charge in [0.05, 0.1) is 23.8 Å². The predicted molar refractivity (Wildman–Crippen MR) is 157 cm³/mol. The lowest BCUT2D eigenvalue weighted by Crippen LogP contribution is -2.19. The molecule has 4 rings (SSSR count). The van der Waals surface area contributed by atoms with Gasteiger partial charge in [-0.25, -0.2) is 4.98 Å². The second kappa shape index (κ2) is 12.4. The number of ether oxygens (including phenoxy) is 1. The molecule has 9 nitrogen and oxygen atoms in total. The average molecular weight is 550 g/mol. The first-order valence-corrected chi connectivity index (χ1v) is 13.0. The number of aliphatic hydroxyl groups excluding tert-OH is 1. The third-order valence-corrected chi connectivity index (χ3v) is 6.59. The smallest absolute Gasteiger partial charge is 0.269 e. The maximum absolute atomic E-state index is 13.2. The molecule has 208 valence electrons. The average Bonchev–Trinajstić information content (AvgIpc) is 3.00. The van der Waals surface area contributed by atoms with Crippen molar-refractivity contribution < 1.29 is 19.4 Å². The first-order chi connectivity index (χ1) is 19.6. The highest BCUT2D eigenvalue weighted by molar-refractivity contribution is 6.04. The molecule has 3 N–H and O–H groups in total. The molecular formula is C32H31N5O4. The second-order valence-corrected chi connectivity index (χ2v) is 9.96. The van der Waals surface area contributed by atoms with E-state index in [1.807, 2.05) is 51.1 Å². The Bertz CT molecular complexity index is 1640. The summed E-state index contributed by atoms with van der Waals surface area (Å²) < 4.78 is 5.67. The molecule has 0 saturated carbocycles. The summed E-state index contributed by atoms with van der Waals surface area (Å²) >= 11 is 0. The molecule has 41 heavy (non-hydrogen) atoms. The number of anilines is 1. The lowest BCUT2D eigenvalue weighted by molar-refractivity contribution is 0.0957. The van der Waals surface area contributed by atoms with Gasteiger partial charge in [0.2, 0.25) is 5.88 Å². The van der Waals surface area contributed by atoms with Crippen molar-refractivity contribution in [3.63, 3.8) is 0 Å². The van der Waals surface area contributed by atoms with Crippen LogP contribution in [0.15, 0.2) is 72.9 Å². The number of hydrogen-bond donors (Lipinski definition) is 3. The molecule has 4 aromatic rings. The molecule has 0 atom stereocenters. The highest BCUT2D eigenvalue weighted by Crippen LogP contribution is 2.33. The number of hydrogen-bond acceptors (Lipinski definition) is 7. The van der Waals surface area contributed by atoms with Gasteiger partial charge in [-0.15, -0.1) is 0 Å². The number of aromatic nitrogens is 2. The Balaban J connectivity index is 1.71. The maximum atomic E-state index is 13.2. The zero-order valence-electron chi connectivity index (χ0n) is 23.4. The Labute approximate surface area is 238 Å². The van der Waals surface area contributed by atoms with Gasteiger partial charge >= 0.3 is 0 Å². The molecule has 0 bridgehead atoms. The minimum Gasteiger partial charge on any atom is -0.475 e. The van der Waals surface area contributed by atoms with Crippen molar-refractivity contribution in [2.45, 2.75) is 26.2 Å². The van der Waals surface area contributed by atoms with Crippen LogP contribution in [0.2, 0.25) is 0 Å². The lowest BCUT2D eigenvalue weighted by Gasteiger charge is -2.17. The fourth-order valence-electron chi connectivity index (χ4n) is 4.20. The summed E-state index contributed by atoms with van der Waals surface area (Å²) in [6, 6.07) is 21.9. The zero-order valence-corrected chi connectivity index (χ0v) is 23.4. The van der Waals surface area contributed by atoms with E-state index < -0.39 is 5.41 Å². The molecule has 0 radical (unpaired) electrons. The molecule has 2 aromatic heterocycles. The highest BCUT2D eigenvalue weighted by atomic mass is 16.5. The number of carbonyl (C=O) groups excluding carboxylic acids is 2. The number of rotatable bonds is 9. The summed E-state index contributed by atoms with van der Waals surface area (Å²) in [4.78, 5) is 34.0. The van der Waals surface area contributed by atoms with Crippen LogP contribution >= 0.6 is 0 Å². The van der Waals surface area contributed by atoms with Crippen LogP contribution in [0.4, 0.5) is 5.69 Å². The van der Waals surface area contributed by atoms with E-state index in [9.17, 15) is 20.0 Å². The van der Waals surface area contributed by atoms with Crippen LogP contribution in [-0.4, -0.2) is 47.2 Å². The summed E-state index contributed by atoms with van der Waals surface area (Å²) in [6.45, 7) is 5.46. The summed E-state index contributed by atoms with van der Waals surface area (Å²) in [5, 5.41) is 24.3. The number of nitriles is 1. The zero-order chi connectivity index (χ0) is 29.6. The molecular weight excluding hydrogens is 518 g/mol. The van der Waals surface area contributed by atoms with E-state index in [0.717, 1.165) is 22.3 Å². The molecule has 0 aliphatic heterocycles. The van der Waals surface area contributed by atoms with E-state index in [2.05, 4.69) is 26.7 Å². The van der Waals surface area contributed by atoms with Crippen LogP contribution in [0.25, 0.3) is 22.4 Å². The molecule has 0 saturated heterocycles. The normalized spacial score (nSPS) is 10.9. The molecule has 2 aromatic carbocycles. The fraction of sp³-hybridized carbons (Fsp3) is 0.219. The molecule has 0 aliphatic rings. The van der Waals surface area contributed by atoms with Crippen molar-refractivity contribution >= 4 is 17.5 Å². The maximum Gasteiger partial charge on any atom is 0.269 e. The number of benzene rings is 2. The Kier molecular flexibility index (Phi) is 8.75. The van der Waals surface area contributed by atoms with Gasteiger partial charge in [0.15, 0.2) is 0 Å². The third-order valence-electron chi connectivity index (χ3n) is 6.59. The van der Waals surface area contributed by atoms with Gasteiger partial charge in [-0.1, -0.05) is 18.2 Å². The molecule has 0 spiro atoms. The van der Waals surface area contributed by atoms with Gasteiger partial charge in [-0.2, -0.15) is 5.26 Å². The standard InChI is InChI=1S/C32H31N5O4/c1-20-8-9-25(36-30(39)22-6-5-7-24(14-22)32(2,3)19-33)18-26(20)23-16-27(37-29(17-23)41-13-12-38)21-10-11-35-28(15-21)31(40)34-4/h5-11,14-18,38H,12-13H2,1-4H3,(H,34,40)(H,36,39). The summed E-state index contributed by atoms with van der Waals surface area (Å²) in [5.74, 6) is -0.312. The number of nitrogens with zero attached hydrogens (tertiary/aromatic N) is 3. The number of aryl methyl sites for hydroxylation is 1. The van der Waals surface area contributed by atoms with Gasteiger partial charge in [0, 0.05) is 36.1 Å². The van der Waals surface area contributed by atoms with E-state index >= 15 is 0 Å². The first kappa shape index (κ1) is 28.9. The molecule has 9 heteroatoms. The summed E-state index contributed by atoms with van der Waals surface area (Å²) in [5.41, 5.74) is 5.08. The molecule has 2 heterocycles. The number of nitrogens with one attached hydrogen (secondary N) is 2. The van der Waals surface area contributed by atoms with Crippen LogP contribution in [0, 0.1) is 18.3 Å². The van der Waals surface area contributed by atoms with E-state index in [-0.39, 0.29) is 30.7 Å². The van der Waals surface area contributed by atoms with Gasteiger partial charge in [0.1, 0.15) is 12.3 Å². The van der Waals surface area contributed by atoms with Crippen molar-refractivity contribution in [1.29, 1.82) is 5.26 Å². The lowest BCUT2D eigenvalue weighted by atomic mass is 9.85. The predicted octanol–water partition coefficient (Wildman–Crippen LogP) is 4.90. The van der Waals surface area contributed by atoms with Crippen LogP contribution in [-0.2, 0) is 5.41 Å². The highest BCUT2D eigenvalue weighted by Gasteiger charge is 2.21. The number of aliphatic hydroxyl groups is 1. The van der Waals surface area contributed by atoms with Gasteiger partial charge in [-0.3, -0.25) is 14.6 Å². The quantitative estimate of drug-likeness (QED) is 0.270. The summed E-state index contributed by atoms with van der Waals surface area (Å²) in [7, 11) is 1.54. The molecule has 0 fully saturated rings. The fourth-order valence-corrected chi connectivity index (χ4v) is 4.20. The van der Waals surface area contributed by atoms with E-state index in [4.69, 9.17) is 4.74 Å². The Morgan fingerprint density at radius 2 is 1.83 bits per heavy atom. The van der Waals surface area contributed by atoms with Crippen molar-refractivity contribution in [3.8, 4) is 34.3 Å². The van der Waals surface area contributed by atoms with E-state index in [1.54, 1.807) is 36.4 Å². The Hall–Kier alpha value is -5.07.